The van der Waals surface area contributed by atoms with E-state index in [0.717, 1.165) is 18.8 Å². The summed E-state index contributed by atoms with van der Waals surface area (Å²) >= 11 is 0. The van der Waals surface area contributed by atoms with E-state index in [1.165, 1.54) is 23.3 Å². The van der Waals surface area contributed by atoms with E-state index in [0.29, 0.717) is 12.3 Å². The summed E-state index contributed by atoms with van der Waals surface area (Å²) in [5.41, 5.74) is 2.30. The Morgan fingerprint density at radius 1 is 1.04 bits per heavy atom. The van der Waals surface area contributed by atoms with Crippen LogP contribution in [0.25, 0.3) is 0 Å². The molecule has 3 rings (SSSR count). The molecule has 2 N–H and O–H groups in total. The summed E-state index contributed by atoms with van der Waals surface area (Å²) in [5.74, 6) is 0.638. The summed E-state index contributed by atoms with van der Waals surface area (Å²) < 4.78 is 33.5. The lowest BCUT2D eigenvalue weighted by molar-refractivity contribution is -0.918. The molecule has 1 heterocycles. The number of hydrogen-bond donors (Lipinski definition) is 2. The van der Waals surface area contributed by atoms with Crippen LogP contribution in [0.3, 0.4) is 0 Å². The number of rotatable bonds is 8. The zero-order valence-electron chi connectivity index (χ0n) is 16.8. The zero-order chi connectivity index (χ0) is 20.1. The Morgan fingerprint density at radius 3 is 2.18 bits per heavy atom. The highest BCUT2D eigenvalue weighted by Crippen LogP contribution is 2.19. The molecule has 6 nitrogen and oxygen atoms in total. The molecule has 1 saturated heterocycles. The summed E-state index contributed by atoms with van der Waals surface area (Å²) in [6, 6.07) is 15.0. The molecular weight excluding hydrogens is 374 g/mol. The highest BCUT2D eigenvalue weighted by molar-refractivity contribution is 7.89. The molecule has 28 heavy (non-hydrogen) atoms. The van der Waals surface area contributed by atoms with Crippen molar-refractivity contribution < 1.29 is 18.1 Å². The van der Waals surface area contributed by atoms with E-state index in [-0.39, 0.29) is 10.9 Å². The van der Waals surface area contributed by atoms with Gasteiger partial charge in [0.25, 0.3) is 0 Å². The van der Waals surface area contributed by atoms with Gasteiger partial charge in [0.1, 0.15) is 11.8 Å². The standard InChI is InChI=1S/C21H29N3O3S/c1-23(2)18-8-6-17(7-9-18)21(24-14-4-5-15-24)16-22-28(25,26)20-12-10-19(27-3)11-13-20/h6-13,21-22H,4-5,14-16H2,1-3H3/p+1/t21-/m1/s1. The molecule has 1 aliphatic rings. The average Bonchev–Trinajstić information content (AvgIpc) is 3.23. The van der Waals surface area contributed by atoms with E-state index < -0.39 is 10.0 Å². The molecule has 0 aromatic heterocycles. The Bertz CT molecular complexity index is 859. The smallest absolute Gasteiger partial charge is 0.240 e. The van der Waals surface area contributed by atoms with Crippen molar-refractivity contribution >= 4 is 15.7 Å². The molecule has 0 bridgehead atoms. The first kappa shape index (κ1) is 20.6. The molecule has 0 saturated carbocycles. The maximum atomic E-state index is 12.8. The fraction of sp³-hybridized carbons (Fsp3) is 0.429. The van der Waals surface area contributed by atoms with Crippen molar-refractivity contribution in [3.8, 4) is 5.75 Å². The largest absolute Gasteiger partial charge is 0.497 e. The summed E-state index contributed by atoms with van der Waals surface area (Å²) in [6.45, 7) is 2.53. The molecule has 0 spiro atoms. The molecule has 152 valence electrons. The molecule has 2 aromatic rings. The number of sulfonamides is 1. The summed E-state index contributed by atoms with van der Waals surface area (Å²) in [7, 11) is 2.03. The van der Waals surface area contributed by atoms with Crippen molar-refractivity contribution in [3.05, 3.63) is 54.1 Å². The predicted octanol–water partition coefficient (Wildman–Crippen LogP) is 1.46. The van der Waals surface area contributed by atoms with E-state index in [4.69, 9.17) is 4.74 Å². The Hall–Kier alpha value is -2.09. The second kappa shape index (κ2) is 8.94. The topological polar surface area (TPSA) is 63.1 Å². The van der Waals surface area contributed by atoms with Crippen LogP contribution in [-0.4, -0.2) is 49.3 Å². The Kier molecular flexibility index (Phi) is 6.59. The maximum absolute atomic E-state index is 12.8. The highest BCUT2D eigenvalue weighted by Gasteiger charge is 2.29. The van der Waals surface area contributed by atoms with Crippen molar-refractivity contribution in [3.63, 3.8) is 0 Å². The lowest BCUT2D eigenvalue weighted by atomic mass is 10.1. The van der Waals surface area contributed by atoms with E-state index >= 15 is 0 Å². The number of quaternary nitrogens is 1. The molecular formula is C21H30N3O3S+. The molecule has 7 heteroatoms. The highest BCUT2D eigenvalue weighted by atomic mass is 32.2. The van der Waals surface area contributed by atoms with Gasteiger partial charge in [0, 0.05) is 38.2 Å². The number of likely N-dealkylation sites (tertiary alicyclic amines) is 1. The fourth-order valence-electron chi connectivity index (χ4n) is 3.71. The van der Waals surface area contributed by atoms with Gasteiger partial charge in [-0.25, -0.2) is 13.1 Å². The van der Waals surface area contributed by atoms with Gasteiger partial charge in [0.05, 0.1) is 31.6 Å². The summed E-state index contributed by atoms with van der Waals surface area (Å²) in [5, 5.41) is 0. The lowest BCUT2D eigenvalue weighted by Crippen LogP contribution is -3.11. The van der Waals surface area contributed by atoms with Crippen LogP contribution in [0.1, 0.15) is 24.4 Å². The summed E-state index contributed by atoms with van der Waals surface area (Å²) in [4.78, 5) is 3.76. The molecule has 0 aliphatic carbocycles. The Balaban J connectivity index is 1.77. The van der Waals surface area contributed by atoms with Gasteiger partial charge in [-0.15, -0.1) is 0 Å². The number of ether oxygens (including phenoxy) is 1. The second-order valence-electron chi connectivity index (χ2n) is 7.43. The van der Waals surface area contributed by atoms with Crippen molar-refractivity contribution in [1.82, 2.24) is 4.72 Å². The number of methoxy groups -OCH3 is 1. The van der Waals surface area contributed by atoms with Gasteiger partial charge in [-0.05, 0) is 36.4 Å². The molecule has 2 aromatic carbocycles. The first-order valence-electron chi connectivity index (χ1n) is 9.66. The quantitative estimate of drug-likeness (QED) is 0.699. The normalized spacial score (nSPS) is 16.1. The van der Waals surface area contributed by atoms with Gasteiger partial charge in [-0.2, -0.15) is 0 Å². The van der Waals surface area contributed by atoms with Crippen LogP contribution in [0.4, 0.5) is 5.69 Å². The third-order valence-corrected chi connectivity index (χ3v) is 6.84. The lowest BCUT2D eigenvalue weighted by Gasteiger charge is -2.26. The minimum atomic E-state index is -3.57. The van der Waals surface area contributed by atoms with E-state index in [9.17, 15) is 8.42 Å². The molecule has 1 atom stereocenters. The van der Waals surface area contributed by atoms with Crippen LogP contribution >= 0.6 is 0 Å². The third-order valence-electron chi connectivity index (χ3n) is 5.40. The minimum absolute atomic E-state index is 0.103. The molecule has 1 aliphatic heterocycles. The second-order valence-corrected chi connectivity index (χ2v) is 9.20. The van der Waals surface area contributed by atoms with E-state index in [1.807, 2.05) is 14.1 Å². The van der Waals surface area contributed by atoms with Crippen LogP contribution in [0.15, 0.2) is 53.4 Å². The van der Waals surface area contributed by atoms with Gasteiger partial charge < -0.3 is 14.5 Å². The molecule has 1 fully saturated rings. The predicted molar refractivity (Wildman–Crippen MR) is 112 cm³/mol. The van der Waals surface area contributed by atoms with Crippen LogP contribution in [0, 0.1) is 0 Å². The van der Waals surface area contributed by atoms with Gasteiger partial charge >= 0.3 is 0 Å². The molecule has 0 amide bonds. The number of anilines is 1. The SMILES string of the molecule is COc1ccc(S(=O)(=O)NC[C@H](c2ccc(N(C)C)cc2)[NH+]2CCCC2)cc1. The van der Waals surface area contributed by atoms with Crippen LogP contribution in [0.2, 0.25) is 0 Å². The molecule has 0 radical (unpaired) electrons. The van der Waals surface area contributed by atoms with Gasteiger partial charge in [0.15, 0.2) is 0 Å². The number of hydrogen-bond acceptors (Lipinski definition) is 4. The van der Waals surface area contributed by atoms with E-state index in [1.54, 1.807) is 31.4 Å². The van der Waals surface area contributed by atoms with Crippen molar-refractivity contribution in [2.24, 2.45) is 0 Å². The summed E-state index contributed by atoms with van der Waals surface area (Å²) in [6.07, 6.45) is 2.37. The van der Waals surface area contributed by atoms with Gasteiger partial charge in [-0.1, -0.05) is 12.1 Å². The first-order chi connectivity index (χ1) is 13.4. The fourth-order valence-corrected chi connectivity index (χ4v) is 4.76. The van der Waals surface area contributed by atoms with E-state index in [2.05, 4.69) is 33.9 Å². The van der Waals surface area contributed by atoms with Gasteiger partial charge in [-0.3, -0.25) is 0 Å². The first-order valence-corrected chi connectivity index (χ1v) is 11.1. The Labute approximate surface area is 168 Å². The number of nitrogens with zero attached hydrogens (tertiary/aromatic N) is 1. The van der Waals surface area contributed by atoms with Crippen LogP contribution < -0.4 is 19.3 Å². The number of nitrogens with one attached hydrogen (secondary N) is 2. The van der Waals surface area contributed by atoms with Crippen LogP contribution in [-0.2, 0) is 10.0 Å². The number of benzene rings is 2. The Morgan fingerprint density at radius 2 is 1.64 bits per heavy atom. The van der Waals surface area contributed by atoms with Crippen molar-refractivity contribution in [2.75, 3.05) is 45.7 Å². The minimum Gasteiger partial charge on any atom is -0.497 e. The van der Waals surface area contributed by atoms with Crippen molar-refractivity contribution in [1.29, 1.82) is 0 Å². The third kappa shape index (κ3) is 4.84. The average molecular weight is 405 g/mol. The monoisotopic (exact) mass is 404 g/mol. The maximum Gasteiger partial charge on any atom is 0.240 e. The van der Waals surface area contributed by atoms with Crippen molar-refractivity contribution in [2.45, 2.75) is 23.8 Å². The molecule has 0 unspecified atom stereocenters. The van der Waals surface area contributed by atoms with Crippen LogP contribution in [0.5, 0.6) is 5.75 Å². The van der Waals surface area contributed by atoms with Gasteiger partial charge in [0.2, 0.25) is 10.0 Å². The zero-order valence-corrected chi connectivity index (χ0v) is 17.6.